The van der Waals surface area contributed by atoms with Gasteiger partial charge in [0.2, 0.25) is 0 Å². The van der Waals surface area contributed by atoms with Crippen molar-refractivity contribution in [2.75, 3.05) is 12.3 Å². The van der Waals surface area contributed by atoms with E-state index < -0.39 is 11.8 Å². The summed E-state index contributed by atoms with van der Waals surface area (Å²) in [5.41, 5.74) is 5.17. The zero-order valence-electron chi connectivity index (χ0n) is 12.1. The normalized spacial score (nSPS) is 11.0. The number of carbonyl (C=O) groups is 1. The number of nitrogens with two attached hydrogens (primary N) is 1. The van der Waals surface area contributed by atoms with Crippen LogP contribution in [-0.4, -0.2) is 12.6 Å². The fourth-order valence-electron chi connectivity index (χ4n) is 1.69. The molecule has 0 aromatic heterocycles. The lowest BCUT2D eigenvalue weighted by atomic mass is 9.89. The second-order valence-corrected chi connectivity index (χ2v) is 6.30. The number of nitrogen functional groups attached to an aromatic ring is 1. The largest absolute Gasteiger partial charge is 0.462 e. The van der Waals surface area contributed by atoms with Gasteiger partial charge in [-0.3, -0.25) is 0 Å². The van der Waals surface area contributed by atoms with Crippen LogP contribution in [0, 0.1) is 22.6 Å². The van der Waals surface area contributed by atoms with Crippen molar-refractivity contribution >= 4 is 27.6 Å². The zero-order valence-corrected chi connectivity index (χ0v) is 13.7. The first-order valence-electron chi connectivity index (χ1n) is 6.60. The number of nitriles is 1. The summed E-state index contributed by atoms with van der Waals surface area (Å²) in [6.45, 7) is 4.00. The molecule has 1 aromatic rings. The Hall–Kier alpha value is -1.61. The molecule has 0 aliphatic carbocycles. The number of ether oxygens (including phenoxy) is 1. The van der Waals surface area contributed by atoms with E-state index in [1.165, 1.54) is 6.07 Å². The van der Waals surface area contributed by atoms with Crippen LogP contribution in [-0.2, 0) is 4.74 Å². The molecule has 0 bridgehead atoms. The summed E-state index contributed by atoms with van der Waals surface area (Å²) in [4.78, 5) is 11.9. The SMILES string of the molecule is CC(C)(C#N)CCCCOC(=O)c1cc(N)c(F)cc1Br. The highest BCUT2D eigenvalue weighted by Crippen LogP contribution is 2.24. The Labute approximate surface area is 132 Å². The molecule has 0 fully saturated rings. The van der Waals surface area contributed by atoms with E-state index in [0.717, 1.165) is 18.9 Å². The summed E-state index contributed by atoms with van der Waals surface area (Å²) in [6, 6.07) is 4.61. The number of unbranched alkanes of at least 4 members (excludes halogenated alkanes) is 1. The third-order valence-electron chi connectivity index (χ3n) is 3.04. The zero-order chi connectivity index (χ0) is 16.0. The Morgan fingerprint density at radius 1 is 1.48 bits per heavy atom. The van der Waals surface area contributed by atoms with Crippen molar-refractivity contribution in [3.63, 3.8) is 0 Å². The molecule has 114 valence electrons. The van der Waals surface area contributed by atoms with Gasteiger partial charge >= 0.3 is 5.97 Å². The molecule has 4 nitrogen and oxygen atoms in total. The van der Waals surface area contributed by atoms with Gasteiger partial charge in [-0.15, -0.1) is 0 Å². The maximum Gasteiger partial charge on any atom is 0.339 e. The molecule has 0 radical (unpaired) electrons. The second kappa shape index (κ2) is 7.41. The molecular weight excluding hydrogens is 339 g/mol. The van der Waals surface area contributed by atoms with E-state index in [1.807, 2.05) is 13.8 Å². The molecule has 0 aliphatic rings. The lowest BCUT2D eigenvalue weighted by Gasteiger charge is -2.14. The van der Waals surface area contributed by atoms with Gasteiger partial charge in [-0.05, 0) is 61.2 Å². The van der Waals surface area contributed by atoms with Crippen LogP contribution in [0.3, 0.4) is 0 Å². The number of halogens is 2. The van der Waals surface area contributed by atoms with Crippen molar-refractivity contribution in [3.8, 4) is 6.07 Å². The van der Waals surface area contributed by atoms with Gasteiger partial charge in [0.15, 0.2) is 0 Å². The minimum absolute atomic E-state index is 0.0964. The number of hydrogen-bond acceptors (Lipinski definition) is 4. The highest BCUT2D eigenvalue weighted by atomic mass is 79.9. The van der Waals surface area contributed by atoms with Crippen LogP contribution in [0.2, 0.25) is 0 Å². The average Bonchev–Trinajstić information content (AvgIpc) is 2.42. The van der Waals surface area contributed by atoms with Gasteiger partial charge in [0.25, 0.3) is 0 Å². The minimum atomic E-state index is -0.586. The van der Waals surface area contributed by atoms with Crippen molar-refractivity contribution in [1.82, 2.24) is 0 Å². The van der Waals surface area contributed by atoms with Crippen LogP contribution in [0.5, 0.6) is 0 Å². The van der Waals surface area contributed by atoms with Gasteiger partial charge in [0.05, 0.1) is 29.3 Å². The van der Waals surface area contributed by atoms with Crippen LogP contribution in [0.1, 0.15) is 43.5 Å². The van der Waals surface area contributed by atoms with Gasteiger partial charge in [-0.1, -0.05) is 0 Å². The number of hydrogen-bond donors (Lipinski definition) is 1. The molecule has 0 aliphatic heterocycles. The molecule has 1 aromatic carbocycles. The van der Waals surface area contributed by atoms with E-state index in [2.05, 4.69) is 22.0 Å². The molecule has 2 N–H and O–H groups in total. The molecule has 21 heavy (non-hydrogen) atoms. The summed E-state index contributed by atoms with van der Waals surface area (Å²) in [6.07, 6.45) is 2.21. The van der Waals surface area contributed by atoms with Gasteiger partial charge in [-0.25, -0.2) is 9.18 Å². The second-order valence-electron chi connectivity index (χ2n) is 5.44. The van der Waals surface area contributed by atoms with E-state index in [0.29, 0.717) is 10.9 Å². The van der Waals surface area contributed by atoms with Crippen LogP contribution in [0.25, 0.3) is 0 Å². The quantitative estimate of drug-likeness (QED) is 0.473. The fourth-order valence-corrected chi connectivity index (χ4v) is 2.17. The Balaban J connectivity index is 2.45. The molecular formula is C15H18BrFN2O2. The first-order chi connectivity index (χ1) is 9.76. The molecule has 1 rings (SSSR count). The van der Waals surface area contributed by atoms with Gasteiger partial charge in [0.1, 0.15) is 5.82 Å². The van der Waals surface area contributed by atoms with Crippen LogP contribution < -0.4 is 5.73 Å². The number of esters is 1. The standard InChI is InChI=1S/C15H18BrFN2O2/c1-15(2,9-18)5-3-4-6-21-14(20)10-7-13(19)12(17)8-11(10)16/h7-8H,3-6,19H2,1-2H3. The smallest absolute Gasteiger partial charge is 0.339 e. The Morgan fingerprint density at radius 2 is 2.14 bits per heavy atom. The summed E-state index contributed by atoms with van der Waals surface area (Å²) >= 11 is 3.11. The van der Waals surface area contributed by atoms with Crippen molar-refractivity contribution in [1.29, 1.82) is 5.26 Å². The molecule has 0 spiro atoms. The molecule has 0 saturated carbocycles. The predicted octanol–water partition coefficient (Wildman–Crippen LogP) is 4.05. The number of benzene rings is 1. The third-order valence-corrected chi connectivity index (χ3v) is 3.69. The molecule has 6 heteroatoms. The van der Waals surface area contributed by atoms with E-state index >= 15 is 0 Å². The Kier molecular flexibility index (Phi) is 6.16. The van der Waals surface area contributed by atoms with Crippen molar-refractivity contribution in [2.45, 2.75) is 33.1 Å². The first kappa shape index (κ1) is 17.4. The predicted molar refractivity (Wildman–Crippen MR) is 82.0 cm³/mol. The fraction of sp³-hybridized carbons (Fsp3) is 0.467. The highest BCUT2D eigenvalue weighted by Gasteiger charge is 2.17. The molecule has 0 unspecified atom stereocenters. The number of nitrogens with zero attached hydrogens (tertiary/aromatic N) is 1. The van der Waals surface area contributed by atoms with Gasteiger partial charge in [-0.2, -0.15) is 5.26 Å². The van der Waals surface area contributed by atoms with E-state index in [9.17, 15) is 9.18 Å². The number of anilines is 1. The minimum Gasteiger partial charge on any atom is -0.462 e. The summed E-state index contributed by atoms with van der Waals surface area (Å²) in [7, 11) is 0. The summed E-state index contributed by atoms with van der Waals surface area (Å²) in [5.74, 6) is -1.13. The number of rotatable bonds is 6. The summed E-state index contributed by atoms with van der Waals surface area (Å²) < 4.78 is 18.6. The summed E-state index contributed by atoms with van der Waals surface area (Å²) in [5, 5.41) is 8.88. The lowest BCUT2D eigenvalue weighted by Crippen LogP contribution is -2.10. The maximum atomic E-state index is 13.2. The lowest BCUT2D eigenvalue weighted by molar-refractivity contribution is 0.0495. The maximum absolute atomic E-state index is 13.2. The van der Waals surface area contributed by atoms with Crippen molar-refractivity contribution in [2.24, 2.45) is 5.41 Å². The van der Waals surface area contributed by atoms with Crippen molar-refractivity contribution in [3.05, 3.63) is 28.0 Å². The first-order valence-corrected chi connectivity index (χ1v) is 7.39. The van der Waals surface area contributed by atoms with Gasteiger partial charge < -0.3 is 10.5 Å². The molecule has 0 saturated heterocycles. The number of carbonyl (C=O) groups excluding carboxylic acids is 1. The van der Waals surface area contributed by atoms with Crippen LogP contribution >= 0.6 is 15.9 Å². The molecule has 0 atom stereocenters. The van der Waals surface area contributed by atoms with Crippen LogP contribution in [0.15, 0.2) is 16.6 Å². The van der Waals surface area contributed by atoms with E-state index in [1.54, 1.807) is 0 Å². The third kappa shape index (κ3) is 5.35. The Bertz CT molecular complexity index is 568. The Morgan fingerprint density at radius 3 is 2.76 bits per heavy atom. The van der Waals surface area contributed by atoms with E-state index in [4.69, 9.17) is 15.7 Å². The van der Waals surface area contributed by atoms with Crippen LogP contribution in [0.4, 0.5) is 10.1 Å². The highest BCUT2D eigenvalue weighted by molar-refractivity contribution is 9.10. The molecule has 0 amide bonds. The van der Waals surface area contributed by atoms with E-state index in [-0.39, 0.29) is 23.3 Å². The monoisotopic (exact) mass is 356 g/mol. The topological polar surface area (TPSA) is 76.1 Å². The molecule has 0 heterocycles. The van der Waals surface area contributed by atoms with Gasteiger partial charge in [0, 0.05) is 4.47 Å². The van der Waals surface area contributed by atoms with Crippen molar-refractivity contribution < 1.29 is 13.9 Å². The average molecular weight is 357 g/mol.